The molecular formula is C29H34N2O4. The molecule has 3 rings (SSSR count). The van der Waals surface area contributed by atoms with E-state index in [1.165, 1.54) is 0 Å². The molecule has 0 atom stereocenters. The summed E-state index contributed by atoms with van der Waals surface area (Å²) in [7, 11) is 3.95. The Morgan fingerprint density at radius 1 is 0.886 bits per heavy atom. The number of benzene rings is 3. The van der Waals surface area contributed by atoms with E-state index in [1.807, 2.05) is 95.2 Å². The third kappa shape index (κ3) is 7.42. The molecule has 3 aromatic carbocycles. The van der Waals surface area contributed by atoms with Gasteiger partial charge < -0.3 is 19.7 Å². The molecule has 0 fully saturated rings. The summed E-state index contributed by atoms with van der Waals surface area (Å²) in [6, 6.07) is 20.6. The molecule has 0 aliphatic carbocycles. The fourth-order valence-electron chi connectivity index (χ4n) is 3.44. The smallest absolute Gasteiger partial charge is 0.340 e. The minimum atomic E-state index is -0.661. The average Bonchev–Trinajstić information content (AvgIpc) is 2.79. The Balaban J connectivity index is 1.93. The van der Waals surface area contributed by atoms with Gasteiger partial charge in [0.15, 0.2) is 0 Å². The molecule has 0 radical (unpaired) electrons. The highest BCUT2D eigenvalue weighted by atomic mass is 16.6. The topological polar surface area (TPSA) is 67.9 Å². The first-order valence-corrected chi connectivity index (χ1v) is 11.7. The summed E-state index contributed by atoms with van der Waals surface area (Å²) in [5.74, 6) is -0.200. The van der Waals surface area contributed by atoms with Gasteiger partial charge in [0.2, 0.25) is 0 Å². The number of esters is 1. The van der Waals surface area contributed by atoms with Crippen LogP contribution >= 0.6 is 0 Å². The molecule has 1 amide bonds. The van der Waals surface area contributed by atoms with E-state index >= 15 is 0 Å². The summed E-state index contributed by atoms with van der Waals surface area (Å²) in [5, 5.41) is 2.94. The molecule has 35 heavy (non-hydrogen) atoms. The lowest BCUT2D eigenvalue weighted by Crippen LogP contribution is -2.25. The van der Waals surface area contributed by atoms with E-state index in [0.29, 0.717) is 29.2 Å². The van der Waals surface area contributed by atoms with Gasteiger partial charge in [-0.3, -0.25) is 4.79 Å². The normalized spacial score (nSPS) is 11.3. The van der Waals surface area contributed by atoms with Crippen molar-refractivity contribution >= 4 is 17.6 Å². The maximum atomic E-state index is 13.4. The van der Waals surface area contributed by atoms with Gasteiger partial charge >= 0.3 is 5.97 Å². The molecule has 0 heterocycles. The maximum Gasteiger partial charge on any atom is 0.340 e. The van der Waals surface area contributed by atoms with E-state index in [9.17, 15) is 9.59 Å². The van der Waals surface area contributed by atoms with E-state index in [4.69, 9.17) is 9.47 Å². The molecule has 0 saturated heterocycles. The summed E-state index contributed by atoms with van der Waals surface area (Å²) in [5.41, 5.74) is 3.17. The number of ether oxygens (including phenoxy) is 2. The van der Waals surface area contributed by atoms with Crippen LogP contribution in [0.4, 0.5) is 5.69 Å². The van der Waals surface area contributed by atoms with Crippen LogP contribution in [0.1, 0.15) is 47.1 Å². The lowest BCUT2D eigenvalue weighted by Gasteiger charge is -2.21. The number of anilines is 1. The Kier molecular flexibility index (Phi) is 8.30. The fourth-order valence-corrected chi connectivity index (χ4v) is 3.44. The highest BCUT2D eigenvalue weighted by Gasteiger charge is 2.22. The summed E-state index contributed by atoms with van der Waals surface area (Å²) < 4.78 is 11.4. The summed E-state index contributed by atoms with van der Waals surface area (Å²) in [4.78, 5) is 28.3. The van der Waals surface area contributed by atoms with Gasteiger partial charge in [-0.1, -0.05) is 42.5 Å². The van der Waals surface area contributed by atoms with E-state index in [-0.39, 0.29) is 5.91 Å². The molecule has 0 aromatic heterocycles. The van der Waals surface area contributed by atoms with Gasteiger partial charge in [0.05, 0.1) is 11.3 Å². The van der Waals surface area contributed by atoms with Gasteiger partial charge in [-0.05, 0) is 82.7 Å². The summed E-state index contributed by atoms with van der Waals surface area (Å²) in [6.07, 6.45) is 0. The molecule has 0 aliphatic heterocycles. The van der Waals surface area contributed by atoms with Crippen molar-refractivity contribution in [3.8, 4) is 16.9 Å². The molecule has 3 aromatic rings. The molecule has 0 saturated carbocycles. The third-order valence-corrected chi connectivity index (χ3v) is 5.25. The van der Waals surface area contributed by atoms with Crippen LogP contribution in [0.5, 0.6) is 5.75 Å². The van der Waals surface area contributed by atoms with Crippen LogP contribution < -0.4 is 10.1 Å². The molecule has 0 aliphatic rings. The first-order chi connectivity index (χ1) is 16.5. The number of amides is 1. The number of carbonyl (C=O) groups is 2. The number of likely N-dealkylation sites (N-methyl/N-ethyl adjacent to an activating group) is 1. The van der Waals surface area contributed by atoms with Crippen molar-refractivity contribution in [1.29, 1.82) is 0 Å². The molecule has 6 heteroatoms. The maximum absolute atomic E-state index is 13.4. The Morgan fingerprint density at radius 3 is 2.26 bits per heavy atom. The van der Waals surface area contributed by atoms with E-state index in [0.717, 1.165) is 23.2 Å². The summed E-state index contributed by atoms with van der Waals surface area (Å²) >= 11 is 0. The number of hydrogen-bond acceptors (Lipinski definition) is 5. The number of rotatable bonds is 8. The van der Waals surface area contributed by atoms with Crippen LogP contribution in [0.3, 0.4) is 0 Å². The zero-order valence-corrected chi connectivity index (χ0v) is 21.3. The average molecular weight is 475 g/mol. The molecule has 6 nitrogen and oxygen atoms in total. The number of hydrogen-bond donors (Lipinski definition) is 1. The van der Waals surface area contributed by atoms with Gasteiger partial charge in [0.25, 0.3) is 5.91 Å². The monoisotopic (exact) mass is 474 g/mol. The van der Waals surface area contributed by atoms with Crippen molar-refractivity contribution in [3.63, 3.8) is 0 Å². The van der Waals surface area contributed by atoms with E-state index < -0.39 is 11.6 Å². The van der Waals surface area contributed by atoms with Crippen molar-refractivity contribution in [2.24, 2.45) is 0 Å². The standard InChI is InChI=1S/C29H34N2O4/c1-20-12-14-23(34-17-16-31(5)6)19-25(20)27(32)30-26-18-22(21-10-8-7-9-11-21)13-15-24(26)28(33)35-29(2,3)4/h7-15,18-19H,16-17H2,1-6H3,(H,30,32). The van der Waals surface area contributed by atoms with E-state index in [2.05, 4.69) is 5.32 Å². The van der Waals surface area contributed by atoms with Crippen molar-refractivity contribution < 1.29 is 19.1 Å². The highest BCUT2D eigenvalue weighted by molar-refractivity contribution is 6.09. The number of nitrogens with zero attached hydrogens (tertiary/aromatic N) is 1. The molecule has 0 bridgehead atoms. The molecule has 1 N–H and O–H groups in total. The van der Waals surface area contributed by atoms with Crippen molar-refractivity contribution in [3.05, 3.63) is 83.4 Å². The molecule has 0 spiro atoms. The second-order valence-electron chi connectivity index (χ2n) is 9.71. The second kappa shape index (κ2) is 11.2. The minimum absolute atomic E-state index is 0.295. The fraction of sp³-hybridized carbons (Fsp3) is 0.310. The van der Waals surface area contributed by atoms with Crippen LogP contribution in [-0.2, 0) is 4.74 Å². The number of aryl methyl sites for hydroxylation is 1. The van der Waals surface area contributed by atoms with E-state index in [1.54, 1.807) is 18.2 Å². The predicted molar refractivity (Wildman–Crippen MR) is 140 cm³/mol. The Bertz CT molecular complexity index is 1180. The first-order valence-electron chi connectivity index (χ1n) is 11.7. The van der Waals surface area contributed by atoms with Gasteiger partial charge in [-0.2, -0.15) is 0 Å². The Morgan fingerprint density at radius 2 is 1.60 bits per heavy atom. The van der Waals surface area contributed by atoms with Crippen molar-refractivity contribution in [2.45, 2.75) is 33.3 Å². The molecule has 184 valence electrons. The van der Waals surface area contributed by atoms with Gasteiger partial charge in [0.1, 0.15) is 18.0 Å². The predicted octanol–water partition coefficient (Wildman–Crippen LogP) is 5.81. The van der Waals surface area contributed by atoms with Crippen LogP contribution in [0.2, 0.25) is 0 Å². The molecular weight excluding hydrogens is 440 g/mol. The summed E-state index contributed by atoms with van der Waals surface area (Å²) in [6.45, 7) is 8.58. The second-order valence-corrected chi connectivity index (χ2v) is 9.71. The van der Waals surface area contributed by atoms with Crippen molar-refractivity contribution in [2.75, 3.05) is 32.6 Å². The Labute approximate surface area is 207 Å². The van der Waals surface area contributed by atoms with Crippen molar-refractivity contribution in [1.82, 2.24) is 4.90 Å². The van der Waals surface area contributed by atoms with Crippen LogP contribution in [0.15, 0.2) is 66.7 Å². The lowest BCUT2D eigenvalue weighted by atomic mass is 10.0. The Hall–Kier alpha value is -3.64. The zero-order chi connectivity index (χ0) is 25.6. The lowest BCUT2D eigenvalue weighted by molar-refractivity contribution is 0.00708. The quantitative estimate of drug-likeness (QED) is 0.417. The zero-order valence-electron chi connectivity index (χ0n) is 21.3. The number of carbonyl (C=O) groups excluding carboxylic acids is 2. The van der Waals surface area contributed by atoms with Gasteiger partial charge in [-0.15, -0.1) is 0 Å². The third-order valence-electron chi connectivity index (χ3n) is 5.25. The SMILES string of the molecule is Cc1ccc(OCCN(C)C)cc1C(=O)Nc1cc(-c2ccccc2)ccc1C(=O)OC(C)(C)C. The largest absolute Gasteiger partial charge is 0.492 e. The van der Waals surface area contributed by atoms with Crippen LogP contribution in [-0.4, -0.2) is 49.6 Å². The minimum Gasteiger partial charge on any atom is -0.492 e. The first kappa shape index (κ1) is 26.0. The van der Waals surface area contributed by atoms with Crippen LogP contribution in [0.25, 0.3) is 11.1 Å². The van der Waals surface area contributed by atoms with Crippen LogP contribution in [0, 0.1) is 6.92 Å². The number of nitrogens with one attached hydrogen (secondary N) is 1. The highest BCUT2D eigenvalue weighted by Crippen LogP contribution is 2.28. The van der Waals surface area contributed by atoms with Gasteiger partial charge in [0, 0.05) is 12.1 Å². The molecule has 0 unspecified atom stereocenters. The van der Waals surface area contributed by atoms with Gasteiger partial charge in [-0.25, -0.2) is 4.79 Å².